The first kappa shape index (κ1) is 19.2. The molecule has 0 saturated carbocycles. The SMILES string of the molecule is CN(C)C(=O)N1CCC[C@H](C(=O)N(CCCO)Cc2ccncc2)C1. The van der Waals surface area contributed by atoms with E-state index >= 15 is 0 Å². The zero-order valence-corrected chi connectivity index (χ0v) is 15.1. The molecule has 1 saturated heterocycles. The molecule has 0 aromatic carbocycles. The molecule has 25 heavy (non-hydrogen) atoms. The van der Waals surface area contributed by atoms with Gasteiger partial charge in [-0.2, -0.15) is 0 Å². The van der Waals surface area contributed by atoms with Gasteiger partial charge in [-0.3, -0.25) is 9.78 Å². The van der Waals surface area contributed by atoms with E-state index in [0.717, 1.165) is 18.4 Å². The van der Waals surface area contributed by atoms with E-state index in [1.165, 1.54) is 0 Å². The van der Waals surface area contributed by atoms with Gasteiger partial charge in [0.05, 0.1) is 5.92 Å². The smallest absolute Gasteiger partial charge is 0.319 e. The Balaban J connectivity index is 2.05. The molecule has 0 aliphatic carbocycles. The molecule has 2 heterocycles. The Morgan fingerprint density at radius 3 is 2.68 bits per heavy atom. The Bertz CT molecular complexity index is 565. The van der Waals surface area contributed by atoms with Crippen LogP contribution in [0, 0.1) is 5.92 Å². The van der Waals surface area contributed by atoms with Crippen molar-refractivity contribution in [2.45, 2.75) is 25.8 Å². The summed E-state index contributed by atoms with van der Waals surface area (Å²) in [6.07, 6.45) is 5.59. The molecule has 0 bridgehead atoms. The second-order valence-electron chi connectivity index (χ2n) is 6.65. The Morgan fingerprint density at radius 2 is 2.04 bits per heavy atom. The van der Waals surface area contributed by atoms with Crippen molar-refractivity contribution in [2.24, 2.45) is 5.92 Å². The number of likely N-dealkylation sites (tertiary alicyclic amines) is 1. The quantitative estimate of drug-likeness (QED) is 0.838. The second kappa shape index (κ2) is 9.36. The lowest BCUT2D eigenvalue weighted by Crippen LogP contribution is -2.49. The minimum absolute atomic E-state index is 0.0476. The van der Waals surface area contributed by atoms with Crippen LogP contribution in [-0.2, 0) is 11.3 Å². The molecule has 0 radical (unpaired) electrons. The summed E-state index contributed by atoms with van der Waals surface area (Å²) in [6.45, 7) is 2.22. The molecule has 1 aliphatic rings. The van der Waals surface area contributed by atoms with Gasteiger partial charge in [0.15, 0.2) is 0 Å². The van der Waals surface area contributed by atoms with E-state index in [1.807, 2.05) is 12.1 Å². The highest BCUT2D eigenvalue weighted by Gasteiger charge is 2.31. The number of hydrogen-bond acceptors (Lipinski definition) is 4. The monoisotopic (exact) mass is 348 g/mol. The van der Waals surface area contributed by atoms with Crippen LogP contribution in [0.15, 0.2) is 24.5 Å². The predicted octanol–water partition coefficient (Wildman–Crippen LogP) is 1.19. The van der Waals surface area contributed by atoms with Gasteiger partial charge < -0.3 is 19.8 Å². The average molecular weight is 348 g/mol. The summed E-state index contributed by atoms with van der Waals surface area (Å²) in [4.78, 5) is 34.3. The molecular weight excluding hydrogens is 320 g/mol. The number of aromatic nitrogens is 1. The van der Waals surface area contributed by atoms with E-state index in [-0.39, 0.29) is 24.5 Å². The molecular formula is C18H28N4O3. The average Bonchev–Trinajstić information content (AvgIpc) is 2.64. The molecule has 1 aliphatic heterocycles. The van der Waals surface area contributed by atoms with Gasteiger partial charge in [0.25, 0.3) is 0 Å². The number of carbonyl (C=O) groups excluding carboxylic acids is 2. The lowest BCUT2D eigenvalue weighted by molar-refractivity contribution is -0.137. The Hall–Kier alpha value is -2.15. The molecule has 3 amide bonds. The van der Waals surface area contributed by atoms with Crippen molar-refractivity contribution in [1.82, 2.24) is 19.7 Å². The van der Waals surface area contributed by atoms with Crippen LogP contribution < -0.4 is 0 Å². The number of urea groups is 1. The molecule has 7 nitrogen and oxygen atoms in total. The summed E-state index contributed by atoms with van der Waals surface area (Å²) >= 11 is 0. The number of aliphatic hydroxyl groups excluding tert-OH is 1. The summed E-state index contributed by atoms with van der Waals surface area (Å²) in [5.41, 5.74) is 1.01. The number of amides is 3. The first-order valence-electron chi connectivity index (χ1n) is 8.77. The summed E-state index contributed by atoms with van der Waals surface area (Å²) in [7, 11) is 3.45. The number of nitrogens with zero attached hydrogens (tertiary/aromatic N) is 4. The van der Waals surface area contributed by atoms with E-state index < -0.39 is 0 Å². The van der Waals surface area contributed by atoms with Crippen LogP contribution in [-0.4, -0.2) is 77.1 Å². The molecule has 138 valence electrons. The number of carbonyl (C=O) groups is 2. The number of aliphatic hydroxyl groups is 1. The molecule has 1 atom stereocenters. The van der Waals surface area contributed by atoms with Gasteiger partial charge in [-0.15, -0.1) is 0 Å². The zero-order chi connectivity index (χ0) is 18.2. The van der Waals surface area contributed by atoms with Gasteiger partial charge in [-0.05, 0) is 37.0 Å². The minimum Gasteiger partial charge on any atom is -0.396 e. The maximum Gasteiger partial charge on any atom is 0.319 e. The van der Waals surface area contributed by atoms with Crippen molar-refractivity contribution >= 4 is 11.9 Å². The van der Waals surface area contributed by atoms with Gasteiger partial charge in [-0.25, -0.2) is 4.79 Å². The molecule has 1 aromatic heterocycles. The lowest BCUT2D eigenvalue weighted by atomic mass is 9.96. The van der Waals surface area contributed by atoms with Gasteiger partial charge in [0.1, 0.15) is 0 Å². The first-order chi connectivity index (χ1) is 12.0. The van der Waals surface area contributed by atoms with Crippen molar-refractivity contribution in [3.8, 4) is 0 Å². The van der Waals surface area contributed by atoms with Crippen molar-refractivity contribution in [3.05, 3.63) is 30.1 Å². The molecule has 7 heteroatoms. The minimum atomic E-state index is -0.182. The van der Waals surface area contributed by atoms with Crippen molar-refractivity contribution < 1.29 is 14.7 Å². The molecule has 0 unspecified atom stereocenters. The fourth-order valence-electron chi connectivity index (χ4n) is 3.13. The van der Waals surface area contributed by atoms with E-state index in [4.69, 9.17) is 5.11 Å². The number of hydrogen-bond donors (Lipinski definition) is 1. The van der Waals surface area contributed by atoms with Crippen molar-refractivity contribution in [3.63, 3.8) is 0 Å². The summed E-state index contributed by atoms with van der Waals surface area (Å²) in [6, 6.07) is 3.73. The van der Waals surface area contributed by atoms with Crippen molar-refractivity contribution in [2.75, 3.05) is 40.3 Å². The Morgan fingerprint density at radius 1 is 1.32 bits per heavy atom. The number of piperidine rings is 1. The topological polar surface area (TPSA) is 77.0 Å². The van der Waals surface area contributed by atoms with Crippen LogP contribution in [0.25, 0.3) is 0 Å². The summed E-state index contributed by atoms with van der Waals surface area (Å²) < 4.78 is 0. The summed E-state index contributed by atoms with van der Waals surface area (Å²) in [5, 5.41) is 9.14. The normalized spacial score (nSPS) is 17.2. The van der Waals surface area contributed by atoms with Crippen LogP contribution in [0.4, 0.5) is 4.79 Å². The Labute approximate surface area is 149 Å². The third kappa shape index (κ3) is 5.42. The van der Waals surface area contributed by atoms with Crippen LogP contribution in [0.3, 0.4) is 0 Å². The second-order valence-corrected chi connectivity index (χ2v) is 6.65. The van der Waals surface area contributed by atoms with E-state index in [0.29, 0.717) is 32.6 Å². The third-order valence-corrected chi connectivity index (χ3v) is 4.44. The molecule has 2 rings (SSSR count). The van der Waals surface area contributed by atoms with Crippen LogP contribution in [0.5, 0.6) is 0 Å². The van der Waals surface area contributed by atoms with Gasteiger partial charge in [0, 0.05) is 59.3 Å². The molecule has 0 spiro atoms. The van der Waals surface area contributed by atoms with Crippen molar-refractivity contribution in [1.29, 1.82) is 0 Å². The van der Waals surface area contributed by atoms with E-state index in [2.05, 4.69) is 4.98 Å². The van der Waals surface area contributed by atoms with E-state index in [1.54, 1.807) is 41.2 Å². The molecule has 1 N–H and O–H groups in total. The van der Waals surface area contributed by atoms with Gasteiger partial charge >= 0.3 is 6.03 Å². The largest absolute Gasteiger partial charge is 0.396 e. The van der Waals surface area contributed by atoms with Crippen LogP contribution in [0.1, 0.15) is 24.8 Å². The summed E-state index contributed by atoms with van der Waals surface area (Å²) in [5.74, 6) is -0.125. The maximum atomic E-state index is 13.0. The fraction of sp³-hybridized carbons (Fsp3) is 0.611. The maximum absolute atomic E-state index is 13.0. The lowest BCUT2D eigenvalue weighted by Gasteiger charge is -2.36. The van der Waals surface area contributed by atoms with E-state index in [9.17, 15) is 9.59 Å². The van der Waals surface area contributed by atoms with Gasteiger partial charge in [-0.1, -0.05) is 0 Å². The molecule has 1 fully saturated rings. The molecule has 1 aromatic rings. The van der Waals surface area contributed by atoms with Gasteiger partial charge in [0.2, 0.25) is 5.91 Å². The third-order valence-electron chi connectivity index (χ3n) is 4.44. The fourth-order valence-corrected chi connectivity index (χ4v) is 3.13. The standard InChI is InChI=1S/C18H28N4O3/c1-20(2)18(25)22-10-3-5-16(14-22)17(24)21(11-4-12-23)13-15-6-8-19-9-7-15/h6-9,16,23H,3-5,10-14H2,1-2H3/t16-/m0/s1. The Kier molecular flexibility index (Phi) is 7.18. The number of rotatable bonds is 6. The highest BCUT2D eigenvalue weighted by molar-refractivity contribution is 5.81. The van der Waals surface area contributed by atoms with Crippen LogP contribution in [0.2, 0.25) is 0 Å². The highest BCUT2D eigenvalue weighted by atomic mass is 16.3. The first-order valence-corrected chi connectivity index (χ1v) is 8.77. The highest BCUT2D eigenvalue weighted by Crippen LogP contribution is 2.21. The van der Waals surface area contributed by atoms with Crippen LogP contribution >= 0.6 is 0 Å². The predicted molar refractivity (Wildman–Crippen MR) is 94.7 cm³/mol. The number of pyridine rings is 1. The zero-order valence-electron chi connectivity index (χ0n) is 15.1.